The first-order chi connectivity index (χ1) is 10.1. The maximum absolute atomic E-state index is 11.2. The van der Waals surface area contributed by atoms with Crippen LogP contribution in [0.15, 0.2) is 18.2 Å². The highest BCUT2D eigenvalue weighted by molar-refractivity contribution is 5.48. The van der Waals surface area contributed by atoms with Crippen LogP contribution >= 0.6 is 0 Å². The summed E-state index contributed by atoms with van der Waals surface area (Å²) < 4.78 is 5.95. The molecule has 2 rings (SSSR count). The highest BCUT2D eigenvalue weighted by Gasteiger charge is 2.25. The van der Waals surface area contributed by atoms with Gasteiger partial charge in [-0.05, 0) is 43.9 Å². The van der Waals surface area contributed by atoms with E-state index in [9.17, 15) is 10.1 Å². The van der Waals surface area contributed by atoms with Crippen LogP contribution in [0.5, 0.6) is 5.75 Å². The van der Waals surface area contributed by atoms with Crippen molar-refractivity contribution in [3.8, 4) is 5.75 Å². The number of hydrogen-bond acceptors (Lipinski definition) is 4. The normalized spacial score (nSPS) is 22.0. The number of nitrogens with zero attached hydrogens (tertiary/aromatic N) is 1. The van der Waals surface area contributed by atoms with Crippen molar-refractivity contribution in [1.29, 1.82) is 0 Å². The van der Waals surface area contributed by atoms with Gasteiger partial charge in [0.15, 0.2) is 5.75 Å². The van der Waals surface area contributed by atoms with Gasteiger partial charge in [-0.15, -0.1) is 0 Å². The van der Waals surface area contributed by atoms with E-state index in [1.807, 2.05) is 13.1 Å². The summed E-state index contributed by atoms with van der Waals surface area (Å²) in [7, 11) is 1.82. The van der Waals surface area contributed by atoms with Crippen LogP contribution in [-0.2, 0) is 6.54 Å². The number of benzene rings is 1. The molecule has 2 atom stereocenters. The summed E-state index contributed by atoms with van der Waals surface area (Å²) in [5.41, 5.74) is 0.966. The number of nitro benzene ring substituents is 1. The zero-order chi connectivity index (χ0) is 15.2. The molecular formula is C16H24N2O3. The van der Waals surface area contributed by atoms with Crippen molar-refractivity contribution in [2.24, 2.45) is 5.92 Å². The summed E-state index contributed by atoms with van der Waals surface area (Å²) in [6, 6.07) is 5.23. The first-order valence-electron chi connectivity index (χ1n) is 7.72. The van der Waals surface area contributed by atoms with Gasteiger partial charge < -0.3 is 10.1 Å². The molecule has 0 spiro atoms. The molecule has 5 nitrogen and oxygen atoms in total. The van der Waals surface area contributed by atoms with Gasteiger partial charge in [0, 0.05) is 12.6 Å². The largest absolute Gasteiger partial charge is 0.483 e. The molecule has 1 fully saturated rings. The predicted molar refractivity (Wildman–Crippen MR) is 82.5 cm³/mol. The molecule has 5 heteroatoms. The Morgan fingerprint density at radius 3 is 2.90 bits per heavy atom. The lowest BCUT2D eigenvalue weighted by Gasteiger charge is -2.28. The van der Waals surface area contributed by atoms with E-state index in [1.165, 1.54) is 6.42 Å². The average Bonchev–Trinajstić information content (AvgIpc) is 2.49. The molecule has 0 amide bonds. The summed E-state index contributed by atoms with van der Waals surface area (Å²) in [5.74, 6) is 1.09. The van der Waals surface area contributed by atoms with Crippen LogP contribution in [0.4, 0.5) is 5.69 Å². The molecule has 2 unspecified atom stereocenters. The van der Waals surface area contributed by atoms with E-state index in [-0.39, 0.29) is 16.7 Å². The maximum atomic E-state index is 11.2. The third-order valence-corrected chi connectivity index (χ3v) is 4.21. The van der Waals surface area contributed by atoms with Crippen LogP contribution in [0.25, 0.3) is 0 Å². The second kappa shape index (κ2) is 7.41. The molecule has 1 aromatic carbocycles. The van der Waals surface area contributed by atoms with Gasteiger partial charge in [-0.3, -0.25) is 10.1 Å². The zero-order valence-corrected chi connectivity index (χ0v) is 12.8. The Morgan fingerprint density at radius 1 is 1.43 bits per heavy atom. The van der Waals surface area contributed by atoms with Gasteiger partial charge in [0.1, 0.15) is 0 Å². The summed E-state index contributed by atoms with van der Waals surface area (Å²) in [5, 5.41) is 14.2. The third-order valence-electron chi connectivity index (χ3n) is 4.21. The standard InChI is InChI=1S/C16H24N2O3/c1-3-12-5-4-6-14(9-12)21-16-8-7-13(11-17-2)10-15(16)18(19)20/h7-8,10,12,14,17H,3-6,9,11H2,1-2H3. The second-order valence-electron chi connectivity index (χ2n) is 5.77. The van der Waals surface area contributed by atoms with E-state index in [0.29, 0.717) is 18.2 Å². The molecule has 0 heterocycles. The Kier molecular flexibility index (Phi) is 5.56. The topological polar surface area (TPSA) is 64.4 Å². The van der Waals surface area contributed by atoms with Crippen LogP contribution < -0.4 is 10.1 Å². The summed E-state index contributed by atoms with van der Waals surface area (Å²) in [6.45, 7) is 2.81. The van der Waals surface area contributed by atoms with Gasteiger partial charge in [-0.2, -0.15) is 0 Å². The molecule has 0 radical (unpaired) electrons. The minimum Gasteiger partial charge on any atom is -0.483 e. The van der Waals surface area contributed by atoms with Gasteiger partial charge in [-0.25, -0.2) is 0 Å². The predicted octanol–water partition coefficient (Wildman–Crippen LogP) is 3.66. The number of nitrogens with one attached hydrogen (secondary N) is 1. The van der Waals surface area contributed by atoms with Crippen molar-refractivity contribution in [1.82, 2.24) is 5.32 Å². The average molecular weight is 292 g/mol. The Labute approximate surface area is 125 Å². The van der Waals surface area contributed by atoms with E-state index >= 15 is 0 Å². The Hall–Kier alpha value is -1.62. The number of hydrogen-bond donors (Lipinski definition) is 1. The summed E-state index contributed by atoms with van der Waals surface area (Å²) in [6.07, 6.45) is 5.66. The molecular weight excluding hydrogens is 268 g/mol. The molecule has 0 aromatic heterocycles. The van der Waals surface area contributed by atoms with Crippen molar-refractivity contribution in [2.45, 2.75) is 51.7 Å². The van der Waals surface area contributed by atoms with Crippen LogP contribution in [0, 0.1) is 16.0 Å². The van der Waals surface area contributed by atoms with Crippen molar-refractivity contribution < 1.29 is 9.66 Å². The smallest absolute Gasteiger partial charge is 0.311 e. The van der Waals surface area contributed by atoms with E-state index < -0.39 is 0 Å². The van der Waals surface area contributed by atoms with Crippen molar-refractivity contribution in [2.75, 3.05) is 7.05 Å². The Balaban J connectivity index is 2.13. The number of rotatable bonds is 6. The quantitative estimate of drug-likeness (QED) is 0.642. The molecule has 116 valence electrons. The minimum absolute atomic E-state index is 0.0707. The summed E-state index contributed by atoms with van der Waals surface area (Å²) >= 11 is 0. The fourth-order valence-electron chi connectivity index (χ4n) is 3.02. The molecule has 1 aliphatic carbocycles. The van der Waals surface area contributed by atoms with Gasteiger partial charge in [-0.1, -0.05) is 25.8 Å². The molecule has 1 aliphatic rings. The first kappa shape index (κ1) is 15.8. The van der Waals surface area contributed by atoms with E-state index in [2.05, 4.69) is 12.2 Å². The van der Waals surface area contributed by atoms with E-state index in [0.717, 1.165) is 31.2 Å². The molecule has 1 aromatic rings. The van der Waals surface area contributed by atoms with Crippen LogP contribution in [-0.4, -0.2) is 18.1 Å². The third kappa shape index (κ3) is 4.17. The van der Waals surface area contributed by atoms with Gasteiger partial charge in [0.25, 0.3) is 0 Å². The summed E-state index contributed by atoms with van der Waals surface area (Å²) in [4.78, 5) is 10.9. The molecule has 0 saturated heterocycles. The molecule has 1 N–H and O–H groups in total. The van der Waals surface area contributed by atoms with E-state index in [1.54, 1.807) is 12.1 Å². The van der Waals surface area contributed by atoms with Crippen LogP contribution in [0.2, 0.25) is 0 Å². The van der Waals surface area contributed by atoms with E-state index in [4.69, 9.17) is 4.74 Å². The van der Waals surface area contributed by atoms with Gasteiger partial charge in [0.2, 0.25) is 0 Å². The lowest BCUT2D eigenvalue weighted by atomic mass is 9.85. The fourth-order valence-corrected chi connectivity index (χ4v) is 3.02. The minimum atomic E-state index is -0.353. The Bertz CT molecular complexity index is 490. The van der Waals surface area contributed by atoms with Gasteiger partial charge in [0.05, 0.1) is 11.0 Å². The van der Waals surface area contributed by atoms with Gasteiger partial charge >= 0.3 is 5.69 Å². The first-order valence-corrected chi connectivity index (χ1v) is 7.72. The highest BCUT2D eigenvalue weighted by atomic mass is 16.6. The van der Waals surface area contributed by atoms with Crippen molar-refractivity contribution in [3.63, 3.8) is 0 Å². The molecule has 0 bridgehead atoms. The lowest BCUT2D eigenvalue weighted by Crippen LogP contribution is -2.25. The molecule has 1 saturated carbocycles. The SMILES string of the molecule is CCC1CCCC(Oc2ccc(CNC)cc2[N+](=O)[O-])C1. The lowest BCUT2D eigenvalue weighted by molar-refractivity contribution is -0.386. The monoisotopic (exact) mass is 292 g/mol. The van der Waals surface area contributed by atoms with Crippen LogP contribution in [0.1, 0.15) is 44.6 Å². The molecule has 21 heavy (non-hydrogen) atoms. The Morgan fingerprint density at radius 2 is 2.24 bits per heavy atom. The zero-order valence-electron chi connectivity index (χ0n) is 12.8. The highest BCUT2D eigenvalue weighted by Crippen LogP contribution is 2.34. The number of ether oxygens (including phenoxy) is 1. The second-order valence-corrected chi connectivity index (χ2v) is 5.77. The molecule has 0 aliphatic heterocycles. The maximum Gasteiger partial charge on any atom is 0.311 e. The van der Waals surface area contributed by atoms with Crippen molar-refractivity contribution in [3.05, 3.63) is 33.9 Å². The fraction of sp³-hybridized carbons (Fsp3) is 0.625. The van der Waals surface area contributed by atoms with Crippen molar-refractivity contribution >= 4 is 5.69 Å². The number of nitro groups is 1. The van der Waals surface area contributed by atoms with Crippen LogP contribution in [0.3, 0.4) is 0 Å².